The highest BCUT2D eigenvalue weighted by Crippen LogP contribution is 2.36. The number of H-pyrrole nitrogens is 1. The van der Waals surface area contributed by atoms with Crippen LogP contribution in [0.5, 0.6) is 0 Å². The summed E-state index contributed by atoms with van der Waals surface area (Å²) < 4.78 is 1.40. The molecule has 2 fully saturated rings. The summed E-state index contributed by atoms with van der Waals surface area (Å²) in [6.45, 7) is 2.53. The van der Waals surface area contributed by atoms with Crippen molar-refractivity contribution in [1.82, 2.24) is 24.7 Å². The van der Waals surface area contributed by atoms with E-state index >= 15 is 0 Å². The second-order valence-electron chi connectivity index (χ2n) is 6.75. The van der Waals surface area contributed by atoms with Crippen molar-refractivity contribution in [2.75, 3.05) is 6.54 Å². The van der Waals surface area contributed by atoms with Crippen LogP contribution in [-0.4, -0.2) is 43.2 Å². The Kier molecular flexibility index (Phi) is 3.43. The van der Waals surface area contributed by atoms with Crippen molar-refractivity contribution in [3.8, 4) is 0 Å². The largest absolute Gasteiger partial charge is 0.334 e. The fourth-order valence-electron chi connectivity index (χ4n) is 4.21. The number of aromatic amines is 1. The maximum Gasteiger partial charge on any atom is 0.277 e. The minimum Gasteiger partial charge on any atom is -0.334 e. The van der Waals surface area contributed by atoms with E-state index in [1.807, 2.05) is 4.90 Å². The predicted octanol–water partition coefficient (Wildman–Crippen LogP) is 1.52. The number of hydrogen-bond acceptors (Lipinski definition) is 4. The van der Waals surface area contributed by atoms with Crippen LogP contribution in [0.4, 0.5) is 0 Å². The molecular weight excluding hydrogens is 294 g/mol. The summed E-state index contributed by atoms with van der Waals surface area (Å²) in [5, 5.41) is 7.96. The Balaban J connectivity index is 1.70. The normalized spacial score (nSPS) is 22.3. The van der Waals surface area contributed by atoms with E-state index in [4.69, 9.17) is 0 Å². The molecule has 7 nitrogen and oxygen atoms in total. The van der Waals surface area contributed by atoms with Crippen molar-refractivity contribution in [3.05, 3.63) is 27.9 Å². The number of carbonyl (C=O) groups excluding carboxylic acids is 1. The Morgan fingerprint density at radius 2 is 2.04 bits per heavy atom. The molecule has 0 radical (unpaired) electrons. The Hall–Kier alpha value is -2.18. The van der Waals surface area contributed by atoms with Gasteiger partial charge in [0, 0.05) is 18.3 Å². The number of rotatable bonds is 2. The smallest absolute Gasteiger partial charge is 0.277 e. The molecule has 0 spiro atoms. The van der Waals surface area contributed by atoms with Gasteiger partial charge in [0.15, 0.2) is 11.2 Å². The molecule has 2 aromatic rings. The summed E-state index contributed by atoms with van der Waals surface area (Å²) in [5.41, 5.74) is 0.806. The summed E-state index contributed by atoms with van der Waals surface area (Å²) in [4.78, 5) is 29.8. The van der Waals surface area contributed by atoms with Gasteiger partial charge >= 0.3 is 0 Å². The number of hydrogen-bond donors (Lipinski definition) is 1. The molecule has 23 heavy (non-hydrogen) atoms. The van der Waals surface area contributed by atoms with Crippen LogP contribution in [-0.2, 0) is 0 Å². The molecule has 3 heterocycles. The molecule has 7 heteroatoms. The quantitative estimate of drug-likeness (QED) is 0.911. The summed E-state index contributed by atoms with van der Waals surface area (Å²) in [6.07, 6.45) is 8.70. The number of aromatic nitrogens is 4. The molecular formula is C16H21N5O2. The molecule has 0 aromatic carbocycles. The van der Waals surface area contributed by atoms with E-state index in [0.717, 1.165) is 19.4 Å². The molecule has 1 saturated heterocycles. The van der Waals surface area contributed by atoms with Gasteiger partial charge in [0.2, 0.25) is 0 Å². The maximum absolute atomic E-state index is 13.0. The average Bonchev–Trinajstić information content (AvgIpc) is 3.25. The first-order valence-corrected chi connectivity index (χ1v) is 8.41. The number of nitrogens with one attached hydrogen (secondary N) is 1. The first-order valence-electron chi connectivity index (χ1n) is 8.41. The van der Waals surface area contributed by atoms with Crippen molar-refractivity contribution in [2.24, 2.45) is 5.92 Å². The highest BCUT2D eigenvalue weighted by Gasteiger charge is 2.37. The second kappa shape index (κ2) is 5.47. The van der Waals surface area contributed by atoms with Gasteiger partial charge in [-0.2, -0.15) is 0 Å². The Morgan fingerprint density at radius 1 is 1.26 bits per heavy atom. The SMILES string of the molecule is Cc1cn2nnc(C(=O)N3CCCC3C3CCCC3)c2c(=O)[nH]1. The van der Waals surface area contributed by atoms with Gasteiger partial charge in [-0.25, -0.2) is 4.52 Å². The number of fused-ring (bicyclic) bond motifs is 1. The average molecular weight is 315 g/mol. The standard InChI is InChI=1S/C16H21N5O2/c1-10-9-21-14(15(22)17-10)13(18-19-21)16(23)20-8-4-7-12(20)11-5-2-3-6-11/h9,11-12H,2-8H2,1H3,(H,17,22). The van der Waals surface area contributed by atoms with Crippen molar-refractivity contribution >= 4 is 11.4 Å². The van der Waals surface area contributed by atoms with E-state index in [0.29, 0.717) is 17.7 Å². The monoisotopic (exact) mass is 315 g/mol. The number of carbonyl (C=O) groups is 1. The van der Waals surface area contributed by atoms with Crippen LogP contribution in [0.25, 0.3) is 5.52 Å². The minimum atomic E-state index is -0.310. The molecule has 1 unspecified atom stereocenters. The summed E-state index contributed by atoms with van der Waals surface area (Å²) in [5.74, 6) is 0.451. The zero-order valence-electron chi connectivity index (χ0n) is 13.3. The van der Waals surface area contributed by atoms with Gasteiger partial charge in [-0.05, 0) is 38.5 Å². The lowest BCUT2D eigenvalue weighted by atomic mass is 9.96. The molecule has 122 valence electrons. The van der Waals surface area contributed by atoms with Crippen LogP contribution in [0.2, 0.25) is 0 Å². The van der Waals surface area contributed by atoms with E-state index in [2.05, 4.69) is 15.3 Å². The Labute approximate surface area is 133 Å². The van der Waals surface area contributed by atoms with Crippen molar-refractivity contribution < 1.29 is 4.79 Å². The summed E-state index contributed by atoms with van der Waals surface area (Å²) in [6, 6.07) is 0.297. The van der Waals surface area contributed by atoms with Gasteiger partial charge in [-0.3, -0.25) is 9.59 Å². The molecule has 2 aliphatic rings. The topological polar surface area (TPSA) is 83.4 Å². The lowest BCUT2D eigenvalue weighted by Crippen LogP contribution is -2.40. The third kappa shape index (κ3) is 2.34. The van der Waals surface area contributed by atoms with Crippen molar-refractivity contribution in [3.63, 3.8) is 0 Å². The molecule has 1 aliphatic carbocycles. The maximum atomic E-state index is 13.0. The lowest BCUT2D eigenvalue weighted by molar-refractivity contribution is 0.0685. The van der Waals surface area contributed by atoms with E-state index in [1.54, 1.807) is 13.1 Å². The molecule has 1 amide bonds. The fourth-order valence-corrected chi connectivity index (χ4v) is 4.21. The molecule has 1 N–H and O–H groups in total. The Morgan fingerprint density at radius 3 is 2.83 bits per heavy atom. The van der Waals surface area contributed by atoms with Gasteiger partial charge in [-0.1, -0.05) is 18.1 Å². The van der Waals surface area contributed by atoms with Crippen LogP contribution >= 0.6 is 0 Å². The van der Waals surface area contributed by atoms with Crippen LogP contribution in [0.1, 0.15) is 54.7 Å². The van der Waals surface area contributed by atoms with Gasteiger partial charge < -0.3 is 9.88 Å². The lowest BCUT2D eigenvalue weighted by Gasteiger charge is -2.28. The van der Waals surface area contributed by atoms with Crippen molar-refractivity contribution in [2.45, 2.75) is 51.5 Å². The minimum absolute atomic E-state index is 0.149. The van der Waals surface area contributed by atoms with Crippen LogP contribution in [0, 0.1) is 12.8 Å². The molecule has 2 aromatic heterocycles. The zero-order valence-corrected chi connectivity index (χ0v) is 13.3. The van der Waals surface area contributed by atoms with Crippen LogP contribution < -0.4 is 5.56 Å². The number of amides is 1. The zero-order chi connectivity index (χ0) is 16.0. The highest BCUT2D eigenvalue weighted by molar-refractivity contribution is 5.98. The van der Waals surface area contributed by atoms with Gasteiger partial charge in [0.05, 0.1) is 6.20 Å². The van der Waals surface area contributed by atoms with E-state index in [1.165, 1.54) is 30.2 Å². The van der Waals surface area contributed by atoms with Crippen LogP contribution in [0.15, 0.2) is 11.0 Å². The molecule has 1 saturated carbocycles. The highest BCUT2D eigenvalue weighted by atomic mass is 16.2. The van der Waals surface area contributed by atoms with E-state index in [9.17, 15) is 9.59 Å². The molecule has 1 atom stereocenters. The van der Waals surface area contributed by atoms with Crippen LogP contribution in [0.3, 0.4) is 0 Å². The van der Waals surface area contributed by atoms with E-state index < -0.39 is 0 Å². The second-order valence-corrected chi connectivity index (χ2v) is 6.75. The number of nitrogens with zero attached hydrogens (tertiary/aromatic N) is 4. The van der Waals surface area contributed by atoms with Crippen molar-refractivity contribution in [1.29, 1.82) is 0 Å². The van der Waals surface area contributed by atoms with E-state index in [-0.39, 0.29) is 22.7 Å². The van der Waals surface area contributed by atoms with Gasteiger partial charge in [-0.15, -0.1) is 5.10 Å². The third-order valence-electron chi connectivity index (χ3n) is 5.24. The number of likely N-dealkylation sites (tertiary alicyclic amines) is 1. The first kappa shape index (κ1) is 14.4. The van der Waals surface area contributed by atoms with Gasteiger partial charge in [0.1, 0.15) is 0 Å². The predicted molar refractivity (Wildman–Crippen MR) is 84.4 cm³/mol. The molecule has 4 rings (SSSR count). The summed E-state index contributed by atoms with van der Waals surface area (Å²) >= 11 is 0. The van der Waals surface area contributed by atoms with Gasteiger partial charge in [0.25, 0.3) is 11.5 Å². The molecule has 0 bridgehead atoms. The fraction of sp³-hybridized carbons (Fsp3) is 0.625. The Bertz CT molecular complexity index is 802. The number of aryl methyl sites for hydroxylation is 1. The summed E-state index contributed by atoms with van der Waals surface area (Å²) in [7, 11) is 0. The molecule has 1 aliphatic heterocycles. The third-order valence-corrected chi connectivity index (χ3v) is 5.24. The first-order chi connectivity index (χ1) is 11.1.